The minimum atomic E-state index is -0.283. The number of hydrogen-bond donors (Lipinski definition) is 3. The summed E-state index contributed by atoms with van der Waals surface area (Å²) in [5, 5.41) is 2.76. The van der Waals surface area contributed by atoms with Gasteiger partial charge in [-0.1, -0.05) is 18.2 Å². The number of para-hydroxylation sites is 1. The third-order valence-corrected chi connectivity index (χ3v) is 2.47. The van der Waals surface area contributed by atoms with E-state index in [-0.39, 0.29) is 11.0 Å². The number of carbonyl (C=O) groups is 1. The number of amides is 1. The first-order valence-corrected chi connectivity index (χ1v) is 5.99. The minimum Gasteiger partial charge on any atom is -0.299 e. The molecule has 19 heavy (non-hydrogen) atoms. The zero-order chi connectivity index (χ0) is 13.5. The van der Waals surface area contributed by atoms with Crippen molar-refractivity contribution in [2.75, 3.05) is 5.43 Å². The lowest BCUT2D eigenvalue weighted by atomic mass is 10.2. The lowest BCUT2D eigenvalue weighted by Gasteiger charge is -2.11. The van der Waals surface area contributed by atoms with Crippen molar-refractivity contribution < 1.29 is 4.79 Å². The SMILES string of the molecule is O=C(NC(=S)NNc1ccccc1)c1ccncc1. The smallest absolute Gasteiger partial charge is 0.257 e. The second kappa shape index (κ2) is 6.46. The predicted octanol–water partition coefficient (Wildman–Crippen LogP) is 1.71. The van der Waals surface area contributed by atoms with Gasteiger partial charge in [0.1, 0.15) is 0 Å². The Balaban J connectivity index is 1.83. The number of hydrogen-bond acceptors (Lipinski definition) is 4. The summed E-state index contributed by atoms with van der Waals surface area (Å²) in [5.74, 6) is -0.283. The predicted molar refractivity (Wildman–Crippen MR) is 77.5 cm³/mol. The fourth-order valence-corrected chi connectivity index (χ4v) is 1.50. The van der Waals surface area contributed by atoms with Crippen LogP contribution in [0.1, 0.15) is 10.4 Å². The van der Waals surface area contributed by atoms with Crippen LogP contribution in [0, 0.1) is 0 Å². The Morgan fingerprint density at radius 1 is 1.05 bits per heavy atom. The van der Waals surface area contributed by atoms with Crippen LogP contribution in [0.4, 0.5) is 5.69 Å². The lowest BCUT2D eigenvalue weighted by molar-refractivity contribution is 0.0976. The molecule has 2 rings (SSSR count). The first kappa shape index (κ1) is 13.0. The molecule has 1 heterocycles. The first-order chi connectivity index (χ1) is 9.25. The quantitative estimate of drug-likeness (QED) is 0.586. The van der Waals surface area contributed by atoms with Crippen LogP contribution in [0.15, 0.2) is 54.9 Å². The number of nitrogens with one attached hydrogen (secondary N) is 3. The van der Waals surface area contributed by atoms with E-state index in [1.54, 1.807) is 24.5 Å². The molecule has 5 nitrogen and oxygen atoms in total. The highest BCUT2D eigenvalue weighted by molar-refractivity contribution is 7.80. The molecule has 0 saturated heterocycles. The summed E-state index contributed by atoms with van der Waals surface area (Å²) < 4.78 is 0. The fourth-order valence-electron chi connectivity index (χ4n) is 1.36. The summed E-state index contributed by atoms with van der Waals surface area (Å²) in [5.41, 5.74) is 6.97. The monoisotopic (exact) mass is 272 g/mol. The van der Waals surface area contributed by atoms with Crippen molar-refractivity contribution >= 4 is 28.9 Å². The van der Waals surface area contributed by atoms with Crippen LogP contribution in [0.3, 0.4) is 0 Å². The molecule has 0 aliphatic heterocycles. The molecule has 0 radical (unpaired) electrons. The number of nitrogens with zero attached hydrogens (tertiary/aromatic N) is 1. The van der Waals surface area contributed by atoms with Gasteiger partial charge in [0.15, 0.2) is 5.11 Å². The van der Waals surface area contributed by atoms with Gasteiger partial charge in [0.25, 0.3) is 5.91 Å². The van der Waals surface area contributed by atoms with Crippen molar-refractivity contribution in [2.45, 2.75) is 0 Å². The van der Waals surface area contributed by atoms with Crippen molar-refractivity contribution in [3.05, 3.63) is 60.4 Å². The maximum atomic E-state index is 11.8. The number of rotatable bonds is 3. The molecule has 1 aromatic carbocycles. The van der Waals surface area contributed by atoms with E-state index in [1.165, 1.54) is 0 Å². The third-order valence-electron chi connectivity index (χ3n) is 2.26. The molecule has 0 aliphatic rings. The highest BCUT2D eigenvalue weighted by Gasteiger charge is 2.06. The van der Waals surface area contributed by atoms with Crippen LogP contribution in [0.2, 0.25) is 0 Å². The number of thiocarbonyl (C=S) groups is 1. The summed E-state index contributed by atoms with van der Waals surface area (Å²) >= 11 is 5.01. The zero-order valence-electron chi connectivity index (χ0n) is 9.96. The van der Waals surface area contributed by atoms with Crippen molar-refractivity contribution in [3.8, 4) is 0 Å². The maximum absolute atomic E-state index is 11.8. The number of hydrazine groups is 1. The Morgan fingerprint density at radius 3 is 2.42 bits per heavy atom. The van der Waals surface area contributed by atoms with Crippen LogP contribution < -0.4 is 16.2 Å². The molecule has 96 valence electrons. The molecule has 0 saturated carbocycles. The largest absolute Gasteiger partial charge is 0.299 e. The van der Waals surface area contributed by atoms with E-state index in [4.69, 9.17) is 12.2 Å². The van der Waals surface area contributed by atoms with E-state index in [9.17, 15) is 4.79 Å². The molecule has 3 N–H and O–H groups in total. The zero-order valence-corrected chi connectivity index (χ0v) is 10.8. The third kappa shape index (κ3) is 4.04. The molecule has 6 heteroatoms. The molecule has 0 bridgehead atoms. The topological polar surface area (TPSA) is 66.1 Å². The van der Waals surface area contributed by atoms with Gasteiger partial charge >= 0.3 is 0 Å². The molecule has 2 aromatic rings. The Hall–Kier alpha value is -2.47. The maximum Gasteiger partial charge on any atom is 0.257 e. The highest BCUT2D eigenvalue weighted by atomic mass is 32.1. The first-order valence-electron chi connectivity index (χ1n) is 5.58. The van der Waals surface area contributed by atoms with Gasteiger partial charge < -0.3 is 0 Å². The van der Waals surface area contributed by atoms with Crippen molar-refractivity contribution in [1.29, 1.82) is 0 Å². The van der Waals surface area contributed by atoms with Gasteiger partial charge in [-0.15, -0.1) is 0 Å². The van der Waals surface area contributed by atoms with E-state index < -0.39 is 0 Å². The van der Waals surface area contributed by atoms with Gasteiger partial charge in [-0.3, -0.25) is 25.9 Å². The molecular weight excluding hydrogens is 260 g/mol. The van der Waals surface area contributed by atoms with E-state index in [0.29, 0.717) is 5.56 Å². The number of aromatic nitrogens is 1. The summed E-state index contributed by atoms with van der Waals surface area (Å²) in [6.07, 6.45) is 3.10. The van der Waals surface area contributed by atoms with Gasteiger partial charge in [-0.2, -0.15) is 0 Å². The number of benzene rings is 1. The Labute approximate surface area is 116 Å². The number of carbonyl (C=O) groups excluding carboxylic acids is 1. The average molecular weight is 272 g/mol. The Morgan fingerprint density at radius 2 is 1.74 bits per heavy atom. The standard InChI is InChI=1S/C13H12N4OS/c18-12(10-6-8-14-9-7-10)15-13(19)17-16-11-4-2-1-3-5-11/h1-9,16H,(H2,15,17,18,19). The van der Waals surface area contributed by atoms with Crippen LogP contribution in [-0.4, -0.2) is 16.0 Å². The number of pyridine rings is 1. The molecule has 0 unspecified atom stereocenters. The van der Waals surface area contributed by atoms with Gasteiger partial charge in [-0.25, -0.2) is 0 Å². The van der Waals surface area contributed by atoms with E-state index in [0.717, 1.165) is 5.69 Å². The highest BCUT2D eigenvalue weighted by Crippen LogP contribution is 2.02. The van der Waals surface area contributed by atoms with Gasteiger partial charge in [0.2, 0.25) is 0 Å². The molecule has 0 spiro atoms. The van der Waals surface area contributed by atoms with Gasteiger partial charge in [-0.05, 0) is 36.5 Å². The summed E-state index contributed by atoms with van der Waals surface area (Å²) in [6.45, 7) is 0. The summed E-state index contributed by atoms with van der Waals surface area (Å²) in [6, 6.07) is 12.7. The second-order valence-electron chi connectivity index (χ2n) is 3.64. The lowest BCUT2D eigenvalue weighted by Crippen LogP contribution is -2.41. The van der Waals surface area contributed by atoms with Gasteiger partial charge in [0.05, 0.1) is 5.69 Å². The van der Waals surface area contributed by atoms with Crippen LogP contribution in [0.25, 0.3) is 0 Å². The van der Waals surface area contributed by atoms with Gasteiger partial charge in [0, 0.05) is 18.0 Å². The molecule has 0 atom stereocenters. The normalized spacial score (nSPS) is 9.47. The molecular formula is C13H12N4OS. The van der Waals surface area contributed by atoms with E-state index >= 15 is 0 Å². The minimum absolute atomic E-state index is 0.200. The molecule has 1 amide bonds. The fraction of sp³-hybridized carbons (Fsp3) is 0. The molecule has 0 aliphatic carbocycles. The average Bonchev–Trinajstić information content (AvgIpc) is 2.47. The summed E-state index contributed by atoms with van der Waals surface area (Å²) in [7, 11) is 0. The van der Waals surface area contributed by atoms with Crippen LogP contribution >= 0.6 is 12.2 Å². The van der Waals surface area contributed by atoms with Crippen molar-refractivity contribution in [3.63, 3.8) is 0 Å². The van der Waals surface area contributed by atoms with E-state index in [1.807, 2.05) is 30.3 Å². The van der Waals surface area contributed by atoms with Crippen LogP contribution in [0.5, 0.6) is 0 Å². The molecule has 0 fully saturated rings. The van der Waals surface area contributed by atoms with Crippen molar-refractivity contribution in [2.24, 2.45) is 0 Å². The second-order valence-corrected chi connectivity index (χ2v) is 4.04. The van der Waals surface area contributed by atoms with E-state index in [2.05, 4.69) is 21.2 Å². The van der Waals surface area contributed by atoms with Crippen molar-refractivity contribution in [1.82, 2.24) is 15.7 Å². The molecule has 1 aromatic heterocycles. The Bertz CT molecular complexity index is 559. The van der Waals surface area contributed by atoms with Crippen LogP contribution in [-0.2, 0) is 0 Å². The Kier molecular flexibility index (Phi) is 4.41. The summed E-state index contributed by atoms with van der Waals surface area (Å²) in [4.78, 5) is 15.6. The number of anilines is 1.